The van der Waals surface area contributed by atoms with Crippen molar-refractivity contribution in [2.75, 3.05) is 13.2 Å². The van der Waals surface area contributed by atoms with Crippen molar-refractivity contribution in [2.45, 2.75) is 232 Å². The first-order valence-electron chi connectivity index (χ1n) is 25.7. The maximum atomic E-state index is 12.8. The van der Waals surface area contributed by atoms with E-state index in [9.17, 15) is 14.4 Å². The summed E-state index contributed by atoms with van der Waals surface area (Å²) in [6, 6.07) is 0. The van der Waals surface area contributed by atoms with Crippen LogP contribution >= 0.6 is 0 Å². The third-order valence-corrected chi connectivity index (χ3v) is 10.6. The molecule has 0 spiro atoms. The molecule has 0 N–H and O–H groups in total. The SMILES string of the molecule is CC/C=C\C/C=C\C/C=C\C/C=C\C/C=C\C/C=C\CCC(=O)OCC(COC(=O)CCCCCC/C=C\CCCC)OC(=O)CCCCCCC/C=C\CCCCCCCCC. The van der Waals surface area contributed by atoms with E-state index >= 15 is 0 Å². The molecule has 63 heavy (non-hydrogen) atoms. The van der Waals surface area contributed by atoms with E-state index < -0.39 is 6.10 Å². The van der Waals surface area contributed by atoms with Gasteiger partial charge in [-0.25, -0.2) is 0 Å². The lowest BCUT2D eigenvalue weighted by Crippen LogP contribution is -2.30. The lowest BCUT2D eigenvalue weighted by Gasteiger charge is -2.18. The van der Waals surface area contributed by atoms with Crippen molar-refractivity contribution in [3.8, 4) is 0 Å². The van der Waals surface area contributed by atoms with Crippen molar-refractivity contribution >= 4 is 17.9 Å². The predicted molar refractivity (Wildman–Crippen MR) is 270 cm³/mol. The summed E-state index contributed by atoms with van der Waals surface area (Å²) >= 11 is 0. The largest absolute Gasteiger partial charge is 0.462 e. The smallest absolute Gasteiger partial charge is 0.306 e. The van der Waals surface area contributed by atoms with E-state index in [1.165, 1.54) is 70.6 Å². The highest BCUT2D eigenvalue weighted by Crippen LogP contribution is 2.13. The molecule has 0 heterocycles. The molecule has 0 saturated heterocycles. The van der Waals surface area contributed by atoms with Gasteiger partial charge in [0.1, 0.15) is 13.2 Å². The number of ether oxygens (including phenoxy) is 3. The number of rotatable bonds is 45. The third kappa shape index (κ3) is 49.2. The normalized spacial score (nSPS) is 12.9. The fourth-order valence-electron chi connectivity index (χ4n) is 6.68. The molecule has 0 aliphatic heterocycles. The molecule has 0 radical (unpaired) electrons. The zero-order valence-electron chi connectivity index (χ0n) is 40.8. The van der Waals surface area contributed by atoms with E-state index in [-0.39, 0.29) is 37.5 Å². The van der Waals surface area contributed by atoms with Gasteiger partial charge in [0.25, 0.3) is 0 Å². The molecular formula is C57H94O6. The van der Waals surface area contributed by atoms with Gasteiger partial charge in [0.2, 0.25) is 0 Å². The van der Waals surface area contributed by atoms with Crippen LogP contribution in [0.25, 0.3) is 0 Å². The number of unbranched alkanes of at least 4 members (excludes halogenated alkanes) is 18. The summed E-state index contributed by atoms with van der Waals surface area (Å²) in [4.78, 5) is 37.9. The fourth-order valence-corrected chi connectivity index (χ4v) is 6.68. The highest BCUT2D eigenvalue weighted by atomic mass is 16.6. The summed E-state index contributed by atoms with van der Waals surface area (Å²) in [6.07, 6.45) is 66.9. The van der Waals surface area contributed by atoms with Crippen LogP contribution in [0.2, 0.25) is 0 Å². The number of carbonyl (C=O) groups is 3. The Morgan fingerprint density at radius 3 is 1.11 bits per heavy atom. The Hall–Kier alpha value is -3.67. The zero-order valence-corrected chi connectivity index (χ0v) is 40.8. The molecule has 0 aliphatic rings. The van der Waals surface area contributed by atoms with Gasteiger partial charge in [-0.05, 0) is 103 Å². The van der Waals surface area contributed by atoms with Crippen molar-refractivity contribution in [2.24, 2.45) is 0 Å². The Kier molecular flexibility index (Phi) is 48.0. The van der Waals surface area contributed by atoms with Crippen LogP contribution in [0.1, 0.15) is 226 Å². The maximum absolute atomic E-state index is 12.8. The molecule has 1 unspecified atom stereocenters. The Morgan fingerprint density at radius 1 is 0.333 bits per heavy atom. The van der Waals surface area contributed by atoms with Crippen molar-refractivity contribution in [3.05, 3.63) is 97.2 Å². The van der Waals surface area contributed by atoms with Gasteiger partial charge >= 0.3 is 17.9 Å². The fraction of sp³-hybridized carbons (Fsp3) is 0.667. The highest BCUT2D eigenvalue weighted by molar-refractivity contribution is 5.71. The molecule has 6 heteroatoms. The lowest BCUT2D eigenvalue weighted by molar-refractivity contribution is -0.166. The van der Waals surface area contributed by atoms with Crippen LogP contribution in [0, 0.1) is 0 Å². The minimum Gasteiger partial charge on any atom is -0.462 e. The van der Waals surface area contributed by atoms with Gasteiger partial charge < -0.3 is 14.2 Å². The van der Waals surface area contributed by atoms with Crippen LogP contribution in [0.4, 0.5) is 0 Å². The Balaban J connectivity index is 4.50. The van der Waals surface area contributed by atoms with E-state index in [2.05, 4.69) is 106 Å². The van der Waals surface area contributed by atoms with Gasteiger partial charge in [-0.3, -0.25) is 14.4 Å². The summed E-state index contributed by atoms with van der Waals surface area (Å²) < 4.78 is 16.7. The van der Waals surface area contributed by atoms with Crippen LogP contribution in [0.5, 0.6) is 0 Å². The maximum Gasteiger partial charge on any atom is 0.306 e. The molecule has 0 bridgehead atoms. The van der Waals surface area contributed by atoms with E-state index in [1.807, 2.05) is 12.2 Å². The van der Waals surface area contributed by atoms with E-state index in [4.69, 9.17) is 14.2 Å². The summed E-state index contributed by atoms with van der Waals surface area (Å²) in [5, 5.41) is 0. The third-order valence-electron chi connectivity index (χ3n) is 10.6. The molecule has 0 amide bonds. The van der Waals surface area contributed by atoms with Crippen LogP contribution in [0.15, 0.2) is 97.2 Å². The van der Waals surface area contributed by atoms with Gasteiger partial charge in [0.15, 0.2) is 6.10 Å². The standard InChI is InChI=1S/C57H94O6/c1-4-7-10-13-16-19-22-24-26-28-29-30-32-33-35-38-41-44-47-50-56(59)62-53-54(52-61-55(58)49-46-43-40-37-21-18-15-12-9-6-3)63-57(60)51-48-45-42-39-36-34-31-27-25-23-20-17-14-11-8-5-2/h7,10,15-16,18-19,24,26-27,29-31,33,35,41,44,54H,4-6,8-9,11-14,17,20-23,25,28,32,34,36-40,42-43,45-53H2,1-3H3/b10-7-,18-15-,19-16-,26-24-,30-29-,31-27-,35-33-,44-41-. The quantitative estimate of drug-likeness (QED) is 0.0262. The van der Waals surface area contributed by atoms with Crippen LogP contribution in [-0.4, -0.2) is 37.2 Å². The number of esters is 3. The highest BCUT2D eigenvalue weighted by Gasteiger charge is 2.19. The van der Waals surface area contributed by atoms with Gasteiger partial charge in [0.05, 0.1) is 0 Å². The lowest BCUT2D eigenvalue weighted by atomic mass is 10.1. The molecule has 0 aromatic rings. The van der Waals surface area contributed by atoms with Gasteiger partial charge in [-0.2, -0.15) is 0 Å². The van der Waals surface area contributed by atoms with Crippen molar-refractivity contribution < 1.29 is 28.6 Å². The first-order chi connectivity index (χ1) is 31.0. The summed E-state index contributed by atoms with van der Waals surface area (Å²) in [7, 11) is 0. The summed E-state index contributed by atoms with van der Waals surface area (Å²) in [6.45, 7) is 6.38. The van der Waals surface area contributed by atoms with E-state index in [1.54, 1.807) is 0 Å². The van der Waals surface area contributed by atoms with Crippen LogP contribution in [-0.2, 0) is 28.6 Å². The molecular weight excluding hydrogens is 781 g/mol. The minimum absolute atomic E-state index is 0.111. The predicted octanol–water partition coefficient (Wildman–Crippen LogP) is 17.0. The molecule has 0 aliphatic carbocycles. The molecule has 0 aromatic carbocycles. The monoisotopic (exact) mass is 875 g/mol. The number of hydrogen-bond acceptors (Lipinski definition) is 6. The molecule has 358 valence electrons. The Labute approximate surface area is 387 Å². The summed E-state index contributed by atoms with van der Waals surface area (Å²) in [5.41, 5.74) is 0. The van der Waals surface area contributed by atoms with Crippen LogP contribution in [0.3, 0.4) is 0 Å². The van der Waals surface area contributed by atoms with E-state index in [0.29, 0.717) is 19.3 Å². The van der Waals surface area contributed by atoms with Gasteiger partial charge in [-0.1, -0.05) is 201 Å². The number of carbonyl (C=O) groups excluding carboxylic acids is 3. The Morgan fingerprint density at radius 2 is 0.667 bits per heavy atom. The van der Waals surface area contributed by atoms with Gasteiger partial charge in [-0.15, -0.1) is 0 Å². The average molecular weight is 875 g/mol. The van der Waals surface area contributed by atoms with E-state index in [0.717, 1.165) is 109 Å². The molecule has 6 nitrogen and oxygen atoms in total. The van der Waals surface area contributed by atoms with Gasteiger partial charge in [0, 0.05) is 19.3 Å². The second kappa shape index (κ2) is 51.0. The van der Waals surface area contributed by atoms with Crippen molar-refractivity contribution in [3.63, 3.8) is 0 Å². The average Bonchev–Trinajstić information content (AvgIpc) is 3.28. The summed E-state index contributed by atoms with van der Waals surface area (Å²) in [5.74, 6) is -1.02. The van der Waals surface area contributed by atoms with Crippen molar-refractivity contribution in [1.82, 2.24) is 0 Å². The van der Waals surface area contributed by atoms with Crippen LogP contribution < -0.4 is 0 Å². The molecule has 0 rings (SSSR count). The molecule has 1 atom stereocenters. The minimum atomic E-state index is -0.816. The zero-order chi connectivity index (χ0) is 45.8. The van der Waals surface area contributed by atoms with Crippen molar-refractivity contribution in [1.29, 1.82) is 0 Å². The number of allylic oxidation sites excluding steroid dienone is 16. The second-order valence-corrected chi connectivity index (χ2v) is 16.7. The number of hydrogen-bond donors (Lipinski definition) is 0. The molecule has 0 saturated carbocycles. The second-order valence-electron chi connectivity index (χ2n) is 16.7. The first-order valence-corrected chi connectivity index (χ1v) is 25.7. The topological polar surface area (TPSA) is 78.9 Å². The Bertz CT molecular complexity index is 1280. The molecule has 0 aromatic heterocycles. The first kappa shape index (κ1) is 59.3. The molecule has 0 fully saturated rings.